The van der Waals surface area contributed by atoms with E-state index in [2.05, 4.69) is 15.0 Å². The highest BCUT2D eigenvalue weighted by atomic mass is 16.6. The molecule has 120 valence electrons. The molecular formula is C16H12N4O4. The van der Waals surface area contributed by atoms with Crippen LogP contribution in [0.25, 0.3) is 0 Å². The number of hydrogen-bond donors (Lipinski definition) is 0. The van der Waals surface area contributed by atoms with Gasteiger partial charge in [0.25, 0.3) is 0 Å². The molecule has 0 atom stereocenters. The Morgan fingerprint density at radius 3 is 2.25 bits per heavy atom. The summed E-state index contributed by atoms with van der Waals surface area (Å²) in [5.41, 5.74) is 0.585. The predicted octanol–water partition coefficient (Wildman–Crippen LogP) is 3.67. The monoisotopic (exact) mass is 324 g/mol. The summed E-state index contributed by atoms with van der Waals surface area (Å²) in [5.74, 6) is 0.332. The Morgan fingerprint density at radius 1 is 1.00 bits per heavy atom. The molecule has 0 radical (unpaired) electrons. The predicted molar refractivity (Wildman–Crippen MR) is 84.3 cm³/mol. The molecule has 8 nitrogen and oxygen atoms in total. The summed E-state index contributed by atoms with van der Waals surface area (Å²) in [6, 6.07) is 10.3. The third-order valence-corrected chi connectivity index (χ3v) is 3.02. The standard InChI is InChI=1S/C16H12N4O4/c1-11-4-6-12(7-5-11)23-15-14(20(21)22)16(19-10-18-15)24-13-3-2-8-17-9-13/h2-10H,1H3. The van der Waals surface area contributed by atoms with Crippen LogP contribution in [0.2, 0.25) is 0 Å². The Morgan fingerprint density at radius 2 is 1.67 bits per heavy atom. The van der Waals surface area contributed by atoms with Crippen LogP contribution in [0.15, 0.2) is 55.1 Å². The van der Waals surface area contributed by atoms with Crippen LogP contribution in [-0.4, -0.2) is 19.9 Å². The van der Waals surface area contributed by atoms with E-state index in [1.54, 1.807) is 30.5 Å². The second-order valence-electron chi connectivity index (χ2n) is 4.80. The zero-order chi connectivity index (χ0) is 16.9. The van der Waals surface area contributed by atoms with Crippen LogP contribution in [0.4, 0.5) is 5.69 Å². The van der Waals surface area contributed by atoms with Crippen LogP contribution in [0.5, 0.6) is 23.3 Å². The van der Waals surface area contributed by atoms with E-state index < -0.39 is 10.6 Å². The number of nitrogens with zero attached hydrogens (tertiary/aromatic N) is 4. The molecule has 0 aliphatic carbocycles. The molecule has 0 saturated heterocycles. The van der Waals surface area contributed by atoms with Crippen LogP contribution in [0.3, 0.4) is 0 Å². The maximum atomic E-state index is 11.4. The van der Waals surface area contributed by atoms with Crippen molar-refractivity contribution in [3.63, 3.8) is 0 Å². The summed E-state index contributed by atoms with van der Waals surface area (Å²) < 4.78 is 10.9. The van der Waals surface area contributed by atoms with Crippen molar-refractivity contribution in [3.05, 3.63) is 70.8 Å². The summed E-state index contributed by atoms with van der Waals surface area (Å²) in [4.78, 5) is 22.3. The first-order valence-corrected chi connectivity index (χ1v) is 6.95. The summed E-state index contributed by atoms with van der Waals surface area (Å²) in [6.45, 7) is 1.93. The lowest BCUT2D eigenvalue weighted by molar-refractivity contribution is -0.387. The fourth-order valence-electron chi connectivity index (χ4n) is 1.89. The number of benzene rings is 1. The average Bonchev–Trinajstić information content (AvgIpc) is 2.58. The largest absolute Gasteiger partial charge is 0.433 e. The van der Waals surface area contributed by atoms with Crippen LogP contribution < -0.4 is 9.47 Å². The maximum Gasteiger partial charge on any atom is 0.393 e. The van der Waals surface area contributed by atoms with Gasteiger partial charge in [0, 0.05) is 6.20 Å². The van der Waals surface area contributed by atoms with E-state index in [1.807, 2.05) is 19.1 Å². The van der Waals surface area contributed by atoms with Crippen LogP contribution in [0, 0.1) is 17.0 Å². The molecule has 0 saturated carbocycles. The minimum Gasteiger partial charge on any atom is -0.433 e. The first-order valence-electron chi connectivity index (χ1n) is 6.95. The van der Waals surface area contributed by atoms with E-state index in [1.165, 1.54) is 6.20 Å². The average molecular weight is 324 g/mol. The van der Waals surface area contributed by atoms with Crippen molar-refractivity contribution >= 4 is 5.69 Å². The van der Waals surface area contributed by atoms with Gasteiger partial charge in [0.15, 0.2) is 0 Å². The third kappa shape index (κ3) is 3.43. The van der Waals surface area contributed by atoms with Gasteiger partial charge in [-0.15, -0.1) is 0 Å². The van der Waals surface area contributed by atoms with Gasteiger partial charge in [-0.1, -0.05) is 17.7 Å². The second kappa shape index (κ2) is 6.69. The van der Waals surface area contributed by atoms with Crippen LogP contribution >= 0.6 is 0 Å². The number of aromatic nitrogens is 3. The van der Waals surface area contributed by atoms with Crippen molar-refractivity contribution in [3.8, 4) is 23.3 Å². The number of nitro groups is 1. The Hall–Kier alpha value is -3.55. The van der Waals surface area contributed by atoms with Crippen LogP contribution in [0.1, 0.15) is 5.56 Å². The fraction of sp³-hybridized carbons (Fsp3) is 0.0625. The molecule has 1 aromatic carbocycles. The van der Waals surface area contributed by atoms with Crippen molar-refractivity contribution < 1.29 is 14.4 Å². The van der Waals surface area contributed by atoms with Crippen molar-refractivity contribution in [2.45, 2.75) is 6.92 Å². The summed E-state index contributed by atoms with van der Waals surface area (Å²) in [6.07, 6.45) is 4.13. The number of hydrogen-bond acceptors (Lipinski definition) is 7. The number of rotatable bonds is 5. The Kier molecular flexibility index (Phi) is 4.28. The van der Waals surface area contributed by atoms with Gasteiger partial charge in [-0.05, 0) is 31.2 Å². The van der Waals surface area contributed by atoms with Gasteiger partial charge in [-0.25, -0.2) is 0 Å². The first kappa shape index (κ1) is 15.3. The molecule has 24 heavy (non-hydrogen) atoms. The fourth-order valence-corrected chi connectivity index (χ4v) is 1.89. The van der Waals surface area contributed by atoms with E-state index in [0.29, 0.717) is 11.5 Å². The molecule has 0 spiro atoms. The molecule has 3 rings (SSSR count). The summed E-state index contributed by atoms with van der Waals surface area (Å²) in [7, 11) is 0. The highest BCUT2D eigenvalue weighted by Gasteiger charge is 2.27. The highest BCUT2D eigenvalue weighted by Crippen LogP contribution is 2.37. The normalized spacial score (nSPS) is 10.2. The molecule has 0 aliphatic heterocycles. The lowest BCUT2D eigenvalue weighted by atomic mass is 10.2. The molecular weight excluding hydrogens is 312 g/mol. The summed E-state index contributed by atoms with van der Waals surface area (Å²) in [5, 5.41) is 11.4. The van der Waals surface area contributed by atoms with E-state index in [-0.39, 0.29) is 11.8 Å². The molecule has 0 unspecified atom stereocenters. The molecule has 3 aromatic rings. The van der Waals surface area contributed by atoms with E-state index in [9.17, 15) is 10.1 Å². The number of ether oxygens (including phenoxy) is 2. The van der Waals surface area contributed by atoms with Gasteiger partial charge < -0.3 is 9.47 Å². The molecule has 0 N–H and O–H groups in total. The minimum atomic E-state index is -0.644. The van der Waals surface area contributed by atoms with Crippen molar-refractivity contribution in [2.24, 2.45) is 0 Å². The van der Waals surface area contributed by atoms with Gasteiger partial charge in [0.05, 0.1) is 11.1 Å². The van der Waals surface area contributed by atoms with E-state index in [4.69, 9.17) is 9.47 Å². The quantitative estimate of drug-likeness (QED) is 0.521. The molecule has 2 aromatic heterocycles. The van der Waals surface area contributed by atoms with Crippen molar-refractivity contribution in [1.29, 1.82) is 0 Å². The van der Waals surface area contributed by atoms with Crippen molar-refractivity contribution in [1.82, 2.24) is 15.0 Å². The van der Waals surface area contributed by atoms with Gasteiger partial charge in [-0.3, -0.25) is 15.1 Å². The van der Waals surface area contributed by atoms with E-state index in [0.717, 1.165) is 11.9 Å². The second-order valence-corrected chi connectivity index (χ2v) is 4.80. The Balaban J connectivity index is 1.96. The first-order chi connectivity index (χ1) is 11.6. The highest BCUT2D eigenvalue weighted by molar-refractivity contribution is 5.52. The zero-order valence-electron chi connectivity index (χ0n) is 12.6. The molecule has 0 amide bonds. The molecule has 2 heterocycles. The SMILES string of the molecule is Cc1ccc(Oc2ncnc(Oc3cccnc3)c2[N+](=O)[O-])cc1. The Labute approximate surface area is 136 Å². The lowest BCUT2D eigenvalue weighted by Gasteiger charge is -2.08. The molecule has 0 fully saturated rings. The van der Waals surface area contributed by atoms with Gasteiger partial charge >= 0.3 is 17.4 Å². The van der Waals surface area contributed by atoms with E-state index >= 15 is 0 Å². The summed E-state index contributed by atoms with van der Waals surface area (Å²) >= 11 is 0. The maximum absolute atomic E-state index is 11.4. The smallest absolute Gasteiger partial charge is 0.393 e. The number of aryl methyl sites for hydroxylation is 1. The minimum absolute atomic E-state index is 0.197. The molecule has 0 bridgehead atoms. The van der Waals surface area contributed by atoms with Crippen LogP contribution in [-0.2, 0) is 0 Å². The van der Waals surface area contributed by atoms with Gasteiger partial charge in [0.2, 0.25) is 0 Å². The lowest BCUT2D eigenvalue weighted by Crippen LogP contribution is -2.01. The zero-order valence-corrected chi connectivity index (χ0v) is 12.6. The molecule has 8 heteroatoms. The van der Waals surface area contributed by atoms with Gasteiger partial charge in [0.1, 0.15) is 17.8 Å². The Bertz CT molecular complexity index is 854. The van der Waals surface area contributed by atoms with Crippen molar-refractivity contribution in [2.75, 3.05) is 0 Å². The van der Waals surface area contributed by atoms with Gasteiger partial charge in [-0.2, -0.15) is 9.97 Å². The topological polar surface area (TPSA) is 100 Å². The third-order valence-electron chi connectivity index (χ3n) is 3.02. The number of pyridine rings is 1. The molecule has 0 aliphatic rings.